The van der Waals surface area contributed by atoms with Crippen LogP contribution in [0, 0.1) is 0 Å². The molecular formula is C17H17N3O7S2. The van der Waals surface area contributed by atoms with Crippen LogP contribution >= 0.6 is 11.8 Å². The highest BCUT2D eigenvalue weighted by Gasteiger charge is 2.54. The zero-order valence-electron chi connectivity index (χ0n) is 15.2. The molecule has 1 fully saturated rings. The van der Waals surface area contributed by atoms with Gasteiger partial charge in [-0.05, 0) is 11.2 Å². The topological polar surface area (TPSA) is 149 Å². The van der Waals surface area contributed by atoms with Crippen LogP contribution < -0.4 is 5.32 Å². The van der Waals surface area contributed by atoms with Gasteiger partial charge in [0.15, 0.2) is 10.6 Å². The first-order chi connectivity index (χ1) is 13.8. The maximum Gasteiger partial charge on any atom is 0.352 e. The molecule has 0 aliphatic carbocycles. The molecule has 0 saturated carbocycles. The van der Waals surface area contributed by atoms with Gasteiger partial charge in [-0.3, -0.25) is 24.3 Å². The summed E-state index contributed by atoms with van der Waals surface area (Å²) in [7, 11) is 0. The van der Waals surface area contributed by atoms with Gasteiger partial charge in [0.05, 0.1) is 0 Å². The van der Waals surface area contributed by atoms with E-state index in [4.69, 9.17) is 4.74 Å². The number of hydrogen-bond donors (Lipinski definition) is 2. The Hall–Kier alpha value is -2.57. The Morgan fingerprint density at radius 3 is 2.72 bits per heavy atom. The minimum absolute atomic E-state index is 0.220. The maximum absolute atomic E-state index is 12.5. The number of pyridine rings is 1. The minimum Gasteiger partial charge on any atom is -0.611 e. The molecule has 2 aliphatic heterocycles. The van der Waals surface area contributed by atoms with E-state index in [0.29, 0.717) is 10.5 Å². The third-order valence-electron chi connectivity index (χ3n) is 4.19. The Balaban J connectivity index is 1.65. The van der Waals surface area contributed by atoms with E-state index < -0.39 is 46.3 Å². The highest BCUT2D eigenvalue weighted by molar-refractivity contribution is 8.00. The number of thioether (sulfide) groups is 1. The molecule has 0 radical (unpaired) electrons. The number of amides is 2. The van der Waals surface area contributed by atoms with Gasteiger partial charge in [-0.25, -0.2) is 4.79 Å². The number of carboxylic acid groups (broad SMARTS) is 1. The van der Waals surface area contributed by atoms with Crippen molar-refractivity contribution in [3.8, 4) is 0 Å². The molecule has 1 unspecified atom stereocenters. The summed E-state index contributed by atoms with van der Waals surface area (Å²) in [5, 5.41) is 11.4. The number of esters is 1. The average Bonchev–Trinajstić information content (AvgIpc) is 2.70. The molecular weight excluding hydrogens is 422 g/mol. The fourth-order valence-corrected chi connectivity index (χ4v) is 5.13. The Morgan fingerprint density at radius 2 is 2.10 bits per heavy atom. The van der Waals surface area contributed by atoms with Gasteiger partial charge in [-0.15, -0.1) is 11.8 Å². The van der Waals surface area contributed by atoms with E-state index in [-0.39, 0.29) is 23.8 Å². The Bertz CT molecular complexity index is 877. The van der Waals surface area contributed by atoms with E-state index in [1.165, 1.54) is 43.2 Å². The lowest BCUT2D eigenvalue weighted by atomic mass is 10.0. The second-order valence-electron chi connectivity index (χ2n) is 6.17. The number of aromatic nitrogens is 1. The second kappa shape index (κ2) is 8.84. The molecule has 29 heavy (non-hydrogen) atoms. The first kappa shape index (κ1) is 21.1. The highest BCUT2D eigenvalue weighted by Crippen LogP contribution is 2.40. The second-order valence-corrected chi connectivity index (χ2v) is 8.72. The number of ether oxygens (including phenoxy) is 1. The predicted octanol–water partition coefficient (Wildman–Crippen LogP) is -0.509. The fourth-order valence-electron chi connectivity index (χ4n) is 2.89. The van der Waals surface area contributed by atoms with Crippen LogP contribution in [0.1, 0.15) is 6.92 Å². The van der Waals surface area contributed by atoms with Crippen LogP contribution in [-0.4, -0.2) is 72.8 Å². The summed E-state index contributed by atoms with van der Waals surface area (Å²) < 4.78 is 17.1. The summed E-state index contributed by atoms with van der Waals surface area (Å²) in [5.41, 5.74) is 0.0803. The monoisotopic (exact) mass is 439 g/mol. The summed E-state index contributed by atoms with van der Waals surface area (Å²) in [6.07, 6.45) is 2.93. The van der Waals surface area contributed by atoms with Crippen LogP contribution in [0.3, 0.4) is 0 Å². The van der Waals surface area contributed by atoms with Gasteiger partial charge in [0.25, 0.3) is 11.8 Å². The fraction of sp³-hybridized carbons (Fsp3) is 0.353. The number of carbonyl (C=O) groups excluding carboxylic acids is 3. The zero-order valence-corrected chi connectivity index (χ0v) is 16.8. The molecule has 0 aromatic carbocycles. The molecule has 3 atom stereocenters. The van der Waals surface area contributed by atoms with E-state index in [2.05, 4.69) is 10.3 Å². The number of rotatable bonds is 7. The lowest BCUT2D eigenvalue weighted by Gasteiger charge is -2.49. The third kappa shape index (κ3) is 4.54. The van der Waals surface area contributed by atoms with E-state index in [1.807, 2.05) is 0 Å². The number of fused-ring (bicyclic) bond motifs is 1. The van der Waals surface area contributed by atoms with E-state index in [9.17, 15) is 28.8 Å². The van der Waals surface area contributed by atoms with Crippen LogP contribution in [-0.2, 0) is 35.1 Å². The third-order valence-corrected chi connectivity index (χ3v) is 6.85. The molecule has 3 rings (SSSR count). The van der Waals surface area contributed by atoms with Crippen LogP contribution in [0.15, 0.2) is 40.7 Å². The van der Waals surface area contributed by atoms with Crippen molar-refractivity contribution in [2.75, 3.05) is 18.1 Å². The van der Waals surface area contributed by atoms with Crippen molar-refractivity contribution in [3.05, 3.63) is 35.8 Å². The Labute approximate surface area is 172 Å². The Morgan fingerprint density at radius 1 is 1.41 bits per heavy atom. The highest BCUT2D eigenvalue weighted by atomic mass is 32.2. The van der Waals surface area contributed by atoms with Crippen molar-refractivity contribution in [1.29, 1.82) is 0 Å². The SMILES string of the molecule is CC(=O)OCC1=C(C(=O)O)N2C(=O)[C@@H](NC(=O)C[S+]([O-])c3ccncc3)[C@H]2SC1. The van der Waals surface area contributed by atoms with Crippen LogP contribution in [0.5, 0.6) is 0 Å². The molecule has 10 nitrogen and oxygen atoms in total. The molecule has 12 heteroatoms. The summed E-state index contributed by atoms with van der Waals surface area (Å²) >= 11 is -0.335. The van der Waals surface area contributed by atoms with Gasteiger partial charge in [-0.2, -0.15) is 0 Å². The molecule has 2 N–H and O–H groups in total. The Kier molecular flexibility index (Phi) is 6.45. The van der Waals surface area contributed by atoms with Crippen molar-refractivity contribution in [2.24, 2.45) is 0 Å². The van der Waals surface area contributed by atoms with Gasteiger partial charge in [-0.1, -0.05) is 0 Å². The first-order valence-corrected chi connectivity index (χ1v) is 10.8. The van der Waals surface area contributed by atoms with Crippen molar-refractivity contribution in [2.45, 2.75) is 23.2 Å². The summed E-state index contributed by atoms with van der Waals surface area (Å²) in [6.45, 7) is 0.985. The molecule has 0 spiro atoms. The van der Waals surface area contributed by atoms with Gasteiger partial charge >= 0.3 is 11.9 Å². The first-order valence-electron chi connectivity index (χ1n) is 8.40. The van der Waals surface area contributed by atoms with Crippen molar-refractivity contribution in [1.82, 2.24) is 15.2 Å². The van der Waals surface area contributed by atoms with Crippen molar-refractivity contribution >= 4 is 46.7 Å². The van der Waals surface area contributed by atoms with Crippen LogP contribution in [0.4, 0.5) is 0 Å². The lowest BCUT2D eigenvalue weighted by molar-refractivity contribution is -0.150. The van der Waals surface area contributed by atoms with Crippen molar-refractivity contribution in [3.63, 3.8) is 0 Å². The predicted molar refractivity (Wildman–Crippen MR) is 102 cm³/mol. The molecule has 0 bridgehead atoms. The standard InChI is InChI=1S/C17H17N3O7S2/c1-9(21)27-6-10-7-28-16-13(15(23)20(16)14(10)17(24)25)19-12(22)8-29(26)11-2-4-18-5-3-11/h2-5,13,16H,6-8H2,1H3,(H,19,22)(H,24,25)/t13-,16-,29?/m1/s1. The molecule has 3 heterocycles. The molecule has 2 aliphatic rings. The number of carbonyl (C=O) groups is 4. The van der Waals surface area contributed by atoms with Gasteiger partial charge in [0, 0.05) is 42.8 Å². The summed E-state index contributed by atoms with van der Waals surface area (Å²) in [6, 6.07) is 2.16. The number of carboxylic acids is 1. The molecule has 154 valence electrons. The smallest absolute Gasteiger partial charge is 0.352 e. The number of hydrogen-bond acceptors (Lipinski definition) is 8. The average molecular weight is 439 g/mol. The molecule has 1 aromatic heterocycles. The quantitative estimate of drug-likeness (QED) is 0.325. The number of nitrogens with one attached hydrogen (secondary N) is 1. The maximum atomic E-state index is 12.5. The van der Waals surface area contributed by atoms with E-state index in [1.54, 1.807) is 0 Å². The molecule has 1 saturated heterocycles. The lowest BCUT2D eigenvalue weighted by Crippen LogP contribution is -2.71. The molecule has 1 aromatic rings. The van der Waals surface area contributed by atoms with Crippen LogP contribution in [0.2, 0.25) is 0 Å². The largest absolute Gasteiger partial charge is 0.611 e. The van der Waals surface area contributed by atoms with Gasteiger partial charge in [0.1, 0.15) is 23.7 Å². The minimum atomic E-state index is -1.59. The van der Waals surface area contributed by atoms with E-state index in [0.717, 1.165) is 4.90 Å². The van der Waals surface area contributed by atoms with E-state index >= 15 is 0 Å². The van der Waals surface area contributed by atoms with Crippen LogP contribution in [0.25, 0.3) is 0 Å². The normalized spacial score (nSPS) is 21.7. The number of nitrogens with zero attached hydrogens (tertiary/aromatic N) is 2. The van der Waals surface area contributed by atoms with Gasteiger partial charge < -0.3 is 19.7 Å². The molecule has 2 amide bonds. The number of aliphatic carboxylic acids is 1. The number of β-lactam (4-membered cyclic amide) rings is 1. The zero-order chi connectivity index (χ0) is 21.1. The van der Waals surface area contributed by atoms with Crippen molar-refractivity contribution < 1.29 is 33.6 Å². The summed E-state index contributed by atoms with van der Waals surface area (Å²) in [5.74, 6) is -3.12. The summed E-state index contributed by atoms with van der Waals surface area (Å²) in [4.78, 5) is 52.7. The van der Waals surface area contributed by atoms with Gasteiger partial charge in [0.2, 0.25) is 0 Å².